The Morgan fingerprint density at radius 3 is 2.82 bits per heavy atom. The number of nitrogens with zero attached hydrogens (tertiary/aromatic N) is 1. The van der Waals surface area contributed by atoms with E-state index in [1.54, 1.807) is 18.5 Å². The number of hydrogen-bond donors (Lipinski definition) is 2. The van der Waals surface area contributed by atoms with Gasteiger partial charge in [0.25, 0.3) is 5.91 Å². The molecular weight excluding hydrogens is 252 g/mol. The van der Waals surface area contributed by atoms with Crippen molar-refractivity contribution in [3.63, 3.8) is 0 Å². The minimum atomic E-state index is -0.0376. The molecule has 0 radical (unpaired) electrons. The molecule has 0 fully saturated rings. The van der Waals surface area contributed by atoms with Crippen LogP contribution < -0.4 is 5.32 Å². The van der Waals surface area contributed by atoms with E-state index in [1.165, 1.54) is 16.9 Å². The monoisotopic (exact) mass is 264 g/mol. The highest BCUT2D eigenvalue weighted by Crippen LogP contribution is 2.17. The van der Waals surface area contributed by atoms with E-state index in [1.807, 2.05) is 17.5 Å². The number of thiophene rings is 1. The Hall–Kier alpha value is -1.33. The van der Waals surface area contributed by atoms with E-state index < -0.39 is 0 Å². The van der Waals surface area contributed by atoms with Crippen LogP contribution in [0.15, 0.2) is 40.9 Å². The molecule has 2 aromatic rings. The van der Waals surface area contributed by atoms with Crippen molar-refractivity contribution in [1.29, 1.82) is 0 Å². The maximum Gasteiger partial charge on any atom is 0.261 e. The van der Waals surface area contributed by atoms with Gasteiger partial charge in [0.15, 0.2) is 0 Å². The van der Waals surface area contributed by atoms with Crippen molar-refractivity contribution < 1.29 is 4.79 Å². The molecule has 0 unspecified atom stereocenters. The summed E-state index contributed by atoms with van der Waals surface area (Å²) in [5.74, 6) is -0.0376. The summed E-state index contributed by atoms with van der Waals surface area (Å²) in [5, 5.41) is 4.73. The van der Waals surface area contributed by atoms with Crippen molar-refractivity contribution in [3.8, 4) is 0 Å². The van der Waals surface area contributed by atoms with E-state index in [0.29, 0.717) is 11.4 Å². The fraction of sp³-hybridized carbons (Fsp3) is 0.167. The number of amides is 1. The van der Waals surface area contributed by atoms with Crippen molar-refractivity contribution in [2.75, 3.05) is 6.54 Å². The first-order valence-corrected chi connectivity index (χ1v) is 6.53. The van der Waals surface area contributed by atoms with Gasteiger partial charge >= 0.3 is 0 Å². The van der Waals surface area contributed by atoms with E-state index in [-0.39, 0.29) is 5.91 Å². The number of hydrogen-bond acceptors (Lipinski definition) is 4. The van der Waals surface area contributed by atoms with Crippen molar-refractivity contribution in [3.05, 3.63) is 46.4 Å². The molecular formula is C12H12N2OS2. The Bertz CT molecular complexity index is 496. The summed E-state index contributed by atoms with van der Waals surface area (Å²) in [5.41, 5.74) is 1.17. The van der Waals surface area contributed by atoms with Crippen LogP contribution >= 0.6 is 24.0 Å². The summed E-state index contributed by atoms with van der Waals surface area (Å²) >= 11 is 5.58. The van der Waals surface area contributed by atoms with Crippen LogP contribution in [0.3, 0.4) is 0 Å². The van der Waals surface area contributed by atoms with Crippen LogP contribution in [0.1, 0.15) is 15.2 Å². The number of carbonyl (C=O) groups excluding carboxylic acids is 1. The SMILES string of the molecule is O=C(NCCc1ccncc1)c1cc(S)cs1. The van der Waals surface area contributed by atoms with Crippen molar-refractivity contribution >= 4 is 29.9 Å². The molecule has 0 aromatic carbocycles. The molecule has 88 valence electrons. The third-order valence-corrected chi connectivity index (χ3v) is 3.62. The molecule has 5 heteroatoms. The Balaban J connectivity index is 1.81. The number of thiol groups is 1. The second-order valence-electron chi connectivity index (χ2n) is 3.53. The lowest BCUT2D eigenvalue weighted by Crippen LogP contribution is -2.24. The van der Waals surface area contributed by atoms with Gasteiger partial charge in [0.2, 0.25) is 0 Å². The van der Waals surface area contributed by atoms with Gasteiger partial charge in [-0.25, -0.2) is 0 Å². The van der Waals surface area contributed by atoms with Crippen molar-refractivity contribution in [2.24, 2.45) is 0 Å². The Labute approximate surface area is 109 Å². The quantitative estimate of drug-likeness (QED) is 0.833. The van der Waals surface area contributed by atoms with Gasteiger partial charge < -0.3 is 5.32 Å². The maximum atomic E-state index is 11.7. The van der Waals surface area contributed by atoms with E-state index in [9.17, 15) is 4.79 Å². The van der Waals surface area contributed by atoms with Crippen LogP contribution in [0.5, 0.6) is 0 Å². The van der Waals surface area contributed by atoms with E-state index in [0.717, 1.165) is 11.3 Å². The molecule has 2 heterocycles. The number of aromatic nitrogens is 1. The molecule has 0 aliphatic rings. The summed E-state index contributed by atoms with van der Waals surface area (Å²) in [7, 11) is 0. The molecule has 0 spiro atoms. The molecule has 3 nitrogen and oxygen atoms in total. The lowest BCUT2D eigenvalue weighted by molar-refractivity contribution is 0.0958. The van der Waals surface area contributed by atoms with Crippen molar-refractivity contribution in [1.82, 2.24) is 10.3 Å². The first-order chi connectivity index (χ1) is 8.25. The lowest BCUT2D eigenvalue weighted by atomic mass is 10.2. The summed E-state index contributed by atoms with van der Waals surface area (Å²) in [4.78, 5) is 17.2. The lowest BCUT2D eigenvalue weighted by Gasteiger charge is -2.03. The second kappa shape index (κ2) is 5.84. The number of rotatable bonds is 4. The van der Waals surface area contributed by atoms with Gasteiger partial charge in [0.1, 0.15) is 0 Å². The molecule has 0 atom stereocenters. The van der Waals surface area contributed by atoms with Gasteiger partial charge in [-0.3, -0.25) is 9.78 Å². The van der Waals surface area contributed by atoms with E-state index in [4.69, 9.17) is 0 Å². The molecule has 1 N–H and O–H groups in total. The highest BCUT2D eigenvalue weighted by atomic mass is 32.1. The normalized spacial score (nSPS) is 10.2. The third-order valence-electron chi connectivity index (χ3n) is 2.26. The number of carbonyl (C=O) groups is 1. The highest BCUT2D eigenvalue weighted by Gasteiger charge is 2.06. The van der Waals surface area contributed by atoms with E-state index in [2.05, 4.69) is 22.9 Å². The average Bonchev–Trinajstić information content (AvgIpc) is 2.77. The topological polar surface area (TPSA) is 42.0 Å². The van der Waals surface area contributed by atoms with E-state index >= 15 is 0 Å². The van der Waals surface area contributed by atoms with Crippen LogP contribution in [0, 0.1) is 0 Å². The molecule has 0 aliphatic heterocycles. The van der Waals surface area contributed by atoms with Gasteiger partial charge in [-0.1, -0.05) is 0 Å². The van der Waals surface area contributed by atoms with Gasteiger partial charge in [-0.05, 0) is 30.2 Å². The molecule has 0 saturated heterocycles. The Kier molecular flexibility index (Phi) is 4.17. The first kappa shape index (κ1) is 12.1. The molecule has 0 aliphatic carbocycles. The van der Waals surface area contributed by atoms with Crippen LogP contribution in [0.4, 0.5) is 0 Å². The van der Waals surface area contributed by atoms with Crippen LogP contribution in [0.2, 0.25) is 0 Å². The molecule has 0 bridgehead atoms. The third kappa shape index (κ3) is 3.57. The molecule has 0 saturated carbocycles. The zero-order valence-corrected chi connectivity index (χ0v) is 10.8. The van der Waals surface area contributed by atoms with Gasteiger partial charge in [0.05, 0.1) is 4.88 Å². The van der Waals surface area contributed by atoms with Crippen LogP contribution in [-0.2, 0) is 6.42 Å². The first-order valence-electron chi connectivity index (χ1n) is 5.20. The fourth-order valence-electron chi connectivity index (χ4n) is 1.40. The van der Waals surface area contributed by atoms with Gasteiger partial charge in [-0.2, -0.15) is 0 Å². The molecule has 17 heavy (non-hydrogen) atoms. The largest absolute Gasteiger partial charge is 0.351 e. The van der Waals surface area contributed by atoms with Crippen LogP contribution in [0.25, 0.3) is 0 Å². The summed E-state index contributed by atoms with van der Waals surface area (Å²) in [6, 6.07) is 5.67. The molecule has 2 aromatic heterocycles. The Morgan fingerprint density at radius 1 is 1.41 bits per heavy atom. The number of pyridine rings is 1. The number of nitrogens with one attached hydrogen (secondary N) is 1. The van der Waals surface area contributed by atoms with Gasteiger partial charge in [0, 0.05) is 29.2 Å². The smallest absolute Gasteiger partial charge is 0.261 e. The second-order valence-corrected chi connectivity index (χ2v) is 4.96. The standard InChI is InChI=1S/C12H12N2OS2/c15-12(11-7-10(16)8-17-11)14-6-3-9-1-4-13-5-2-9/h1-2,4-5,7-8,16H,3,6H2,(H,14,15). The average molecular weight is 264 g/mol. The zero-order chi connectivity index (χ0) is 12.1. The minimum Gasteiger partial charge on any atom is -0.351 e. The summed E-state index contributed by atoms with van der Waals surface area (Å²) in [6.45, 7) is 0.628. The molecule has 1 amide bonds. The Morgan fingerprint density at radius 2 is 2.18 bits per heavy atom. The predicted molar refractivity (Wildman–Crippen MR) is 71.8 cm³/mol. The predicted octanol–water partition coefficient (Wildman–Crippen LogP) is 2.40. The van der Waals surface area contributed by atoms with Gasteiger partial charge in [-0.15, -0.1) is 24.0 Å². The fourth-order valence-corrected chi connectivity index (χ4v) is 2.47. The molecule has 2 rings (SSSR count). The zero-order valence-electron chi connectivity index (χ0n) is 9.09. The summed E-state index contributed by atoms with van der Waals surface area (Å²) in [6.07, 6.45) is 4.32. The maximum absolute atomic E-state index is 11.7. The highest BCUT2D eigenvalue weighted by molar-refractivity contribution is 7.80. The summed E-state index contributed by atoms with van der Waals surface area (Å²) < 4.78 is 0. The van der Waals surface area contributed by atoms with Crippen molar-refractivity contribution in [2.45, 2.75) is 11.3 Å². The van der Waals surface area contributed by atoms with Crippen LogP contribution in [-0.4, -0.2) is 17.4 Å². The minimum absolute atomic E-state index is 0.0376.